The van der Waals surface area contributed by atoms with E-state index in [2.05, 4.69) is 12.8 Å². The van der Waals surface area contributed by atoms with Crippen molar-refractivity contribution in [2.75, 3.05) is 7.11 Å². The number of rotatable bonds is 2. The molecule has 2 nitrogen and oxygen atoms in total. The maximum atomic E-state index is 5.89. The Labute approximate surface area is 80.8 Å². The quantitative estimate of drug-likeness (QED) is 0.656. The van der Waals surface area contributed by atoms with Gasteiger partial charge in [0.2, 0.25) is 0 Å². The van der Waals surface area contributed by atoms with Crippen LogP contribution >= 0.6 is 0 Å². The summed E-state index contributed by atoms with van der Waals surface area (Å²) >= 11 is 0. The van der Waals surface area contributed by atoms with E-state index in [1.54, 1.807) is 7.11 Å². The van der Waals surface area contributed by atoms with Gasteiger partial charge in [-0.1, -0.05) is 25.7 Å². The fourth-order valence-electron chi connectivity index (χ4n) is 2.29. The van der Waals surface area contributed by atoms with Crippen LogP contribution in [0.15, 0.2) is 0 Å². The Bertz CT molecular complexity index is 209. The Hall–Kier alpha value is -0.520. The lowest BCUT2D eigenvalue weighted by molar-refractivity contribution is -0.0588. The van der Waals surface area contributed by atoms with E-state index in [9.17, 15) is 0 Å². The highest BCUT2D eigenvalue weighted by Crippen LogP contribution is 2.36. The average molecular weight is 181 g/mol. The zero-order valence-electron chi connectivity index (χ0n) is 8.55. The van der Waals surface area contributed by atoms with E-state index in [-0.39, 0.29) is 11.6 Å². The molecule has 0 radical (unpaired) electrons. The largest absolute Gasteiger partial charge is 0.376 e. The summed E-state index contributed by atoms with van der Waals surface area (Å²) in [6.45, 7) is 2.23. The predicted molar refractivity (Wildman–Crippen MR) is 54.2 cm³/mol. The monoisotopic (exact) mass is 181 g/mol. The smallest absolute Gasteiger partial charge is 0.0956 e. The molecule has 1 saturated carbocycles. The van der Waals surface area contributed by atoms with Crippen LogP contribution in [0, 0.1) is 18.3 Å². The minimum absolute atomic E-state index is 0.258. The van der Waals surface area contributed by atoms with Crippen LogP contribution in [-0.2, 0) is 4.74 Å². The van der Waals surface area contributed by atoms with Gasteiger partial charge in [-0.2, -0.15) is 0 Å². The van der Waals surface area contributed by atoms with Crippen LogP contribution in [0.3, 0.4) is 0 Å². The third-order valence-electron chi connectivity index (χ3n) is 3.14. The first kappa shape index (κ1) is 10.6. The van der Waals surface area contributed by atoms with Gasteiger partial charge in [0.15, 0.2) is 0 Å². The zero-order valence-corrected chi connectivity index (χ0v) is 8.55. The lowest BCUT2D eigenvalue weighted by atomic mass is 9.75. The first-order chi connectivity index (χ1) is 6.14. The highest BCUT2D eigenvalue weighted by atomic mass is 16.5. The summed E-state index contributed by atoms with van der Waals surface area (Å²) in [5.74, 6) is 3.27. The van der Waals surface area contributed by atoms with Crippen LogP contribution in [0.2, 0.25) is 0 Å². The van der Waals surface area contributed by atoms with Crippen molar-refractivity contribution in [3.63, 3.8) is 0 Å². The second-order valence-electron chi connectivity index (χ2n) is 4.11. The first-order valence-electron chi connectivity index (χ1n) is 4.91. The average Bonchev–Trinajstić information content (AvgIpc) is 2.16. The van der Waals surface area contributed by atoms with Crippen molar-refractivity contribution in [2.24, 2.45) is 11.7 Å². The molecule has 1 rings (SSSR count). The highest BCUT2D eigenvalue weighted by molar-refractivity contribution is 5.10. The summed E-state index contributed by atoms with van der Waals surface area (Å²) < 4.78 is 5.53. The van der Waals surface area contributed by atoms with Crippen LogP contribution < -0.4 is 5.73 Å². The topological polar surface area (TPSA) is 35.2 Å². The normalized spacial score (nSPS) is 36.6. The van der Waals surface area contributed by atoms with Crippen molar-refractivity contribution >= 4 is 0 Å². The SMILES string of the molecule is C#CC(N)C1(OC)CCCC(C)C1. The summed E-state index contributed by atoms with van der Waals surface area (Å²) in [5.41, 5.74) is 5.64. The maximum absolute atomic E-state index is 5.89. The van der Waals surface area contributed by atoms with Gasteiger partial charge in [0.25, 0.3) is 0 Å². The minimum Gasteiger partial charge on any atom is -0.376 e. The van der Waals surface area contributed by atoms with Crippen molar-refractivity contribution in [1.29, 1.82) is 0 Å². The molecule has 2 heteroatoms. The van der Waals surface area contributed by atoms with E-state index in [0.29, 0.717) is 5.92 Å². The molecule has 0 heterocycles. The van der Waals surface area contributed by atoms with Crippen LogP contribution in [0.5, 0.6) is 0 Å². The van der Waals surface area contributed by atoms with Crippen LogP contribution in [0.4, 0.5) is 0 Å². The minimum atomic E-state index is -0.264. The Morgan fingerprint density at radius 3 is 2.85 bits per heavy atom. The Morgan fingerprint density at radius 2 is 2.38 bits per heavy atom. The number of ether oxygens (including phenoxy) is 1. The van der Waals surface area contributed by atoms with Gasteiger partial charge in [0, 0.05) is 7.11 Å². The predicted octanol–water partition coefficient (Wildman–Crippen LogP) is 1.54. The summed E-state index contributed by atoms with van der Waals surface area (Å²) in [6, 6.07) is -0.264. The van der Waals surface area contributed by atoms with Crippen molar-refractivity contribution in [3.05, 3.63) is 0 Å². The molecule has 0 aromatic carbocycles. The van der Waals surface area contributed by atoms with Crippen molar-refractivity contribution in [1.82, 2.24) is 0 Å². The molecule has 2 N–H and O–H groups in total. The summed E-state index contributed by atoms with van der Waals surface area (Å²) in [7, 11) is 1.72. The Morgan fingerprint density at radius 1 is 1.69 bits per heavy atom. The maximum Gasteiger partial charge on any atom is 0.0956 e. The molecule has 0 aromatic heterocycles. The van der Waals surface area contributed by atoms with E-state index in [0.717, 1.165) is 12.8 Å². The molecule has 0 aromatic rings. The molecule has 0 aliphatic heterocycles. The highest BCUT2D eigenvalue weighted by Gasteiger charge is 2.39. The van der Waals surface area contributed by atoms with Crippen LogP contribution in [0.1, 0.15) is 32.6 Å². The van der Waals surface area contributed by atoms with Crippen molar-refractivity contribution in [3.8, 4) is 12.3 Å². The molecule has 1 aliphatic carbocycles. The number of hydrogen-bond acceptors (Lipinski definition) is 2. The van der Waals surface area contributed by atoms with E-state index in [1.807, 2.05) is 0 Å². The van der Waals surface area contributed by atoms with Gasteiger partial charge >= 0.3 is 0 Å². The summed E-state index contributed by atoms with van der Waals surface area (Å²) in [4.78, 5) is 0. The number of hydrogen-bond donors (Lipinski definition) is 1. The standard InChI is InChI=1S/C11H19NO/c1-4-10(12)11(13-3)7-5-6-9(2)8-11/h1,9-10H,5-8,12H2,2-3H3. The second kappa shape index (κ2) is 4.13. The fourth-order valence-corrected chi connectivity index (χ4v) is 2.29. The van der Waals surface area contributed by atoms with Gasteiger partial charge in [0.05, 0.1) is 11.6 Å². The number of terminal acetylenes is 1. The molecule has 3 atom stereocenters. The molecule has 1 aliphatic rings. The molecule has 3 unspecified atom stereocenters. The van der Waals surface area contributed by atoms with E-state index in [1.165, 1.54) is 12.8 Å². The molecule has 74 valence electrons. The second-order valence-corrected chi connectivity index (χ2v) is 4.11. The zero-order chi connectivity index (χ0) is 9.90. The third kappa shape index (κ3) is 2.04. The van der Waals surface area contributed by atoms with Crippen LogP contribution in [0.25, 0.3) is 0 Å². The lowest BCUT2D eigenvalue weighted by Crippen LogP contribution is -2.51. The first-order valence-corrected chi connectivity index (χ1v) is 4.91. The lowest BCUT2D eigenvalue weighted by Gasteiger charge is -2.41. The molecule has 0 spiro atoms. The van der Waals surface area contributed by atoms with Gasteiger partial charge < -0.3 is 10.5 Å². The Balaban J connectivity index is 2.74. The van der Waals surface area contributed by atoms with Crippen LogP contribution in [-0.4, -0.2) is 18.8 Å². The molecule has 0 amide bonds. The molecular weight excluding hydrogens is 162 g/mol. The van der Waals surface area contributed by atoms with Crippen molar-refractivity contribution in [2.45, 2.75) is 44.2 Å². The van der Waals surface area contributed by atoms with Gasteiger partial charge in [0.1, 0.15) is 0 Å². The van der Waals surface area contributed by atoms with Gasteiger partial charge in [-0.05, 0) is 18.8 Å². The molecular formula is C11H19NO. The molecule has 0 bridgehead atoms. The Kier molecular flexibility index (Phi) is 3.35. The van der Waals surface area contributed by atoms with Crippen molar-refractivity contribution < 1.29 is 4.74 Å². The number of nitrogens with two attached hydrogens (primary N) is 1. The van der Waals surface area contributed by atoms with Gasteiger partial charge in [-0.3, -0.25) is 0 Å². The molecule has 0 saturated heterocycles. The van der Waals surface area contributed by atoms with E-state index in [4.69, 9.17) is 16.9 Å². The fraction of sp³-hybridized carbons (Fsp3) is 0.818. The van der Waals surface area contributed by atoms with Gasteiger partial charge in [-0.25, -0.2) is 0 Å². The summed E-state index contributed by atoms with van der Waals surface area (Å²) in [6.07, 6.45) is 9.79. The third-order valence-corrected chi connectivity index (χ3v) is 3.14. The van der Waals surface area contributed by atoms with Gasteiger partial charge in [-0.15, -0.1) is 6.42 Å². The van der Waals surface area contributed by atoms with E-state index >= 15 is 0 Å². The number of methoxy groups -OCH3 is 1. The molecule has 1 fully saturated rings. The summed E-state index contributed by atoms with van der Waals surface area (Å²) in [5, 5.41) is 0. The molecule has 13 heavy (non-hydrogen) atoms. The van der Waals surface area contributed by atoms with E-state index < -0.39 is 0 Å².